The number of rotatable bonds is 3. The van der Waals surface area contributed by atoms with Gasteiger partial charge in [0, 0.05) is 18.1 Å². The molecule has 0 bridgehead atoms. The summed E-state index contributed by atoms with van der Waals surface area (Å²) in [7, 11) is 0. The van der Waals surface area contributed by atoms with Crippen LogP contribution in [0.2, 0.25) is 5.02 Å². The van der Waals surface area contributed by atoms with E-state index < -0.39 is 6.43 Å². The molecule has 1 amide bonds. The topological polar surface area (TPSA) is 20.3 Å². The third kappa shape index (κ3) is 3.56. The summed E-state index contributed by atoms with van der Waals surface area (Å²) in [4.78, 5) is 14.0. The van der Waals surface area contributed by atoms with Crippen LogP contribution in [-0.2, 0) is 0 Å². The Bertz CT molecular complexity index is 678. The van der Waals surface area contributed by atoms with Crippen molar-refractivity contribution in [2.75, 3.05) is 13.1 Å². The van der Waals surface area contributed by atoms with Crippen LogP contribution < -0.4 is 0 Å². The number of piperidine rings is 1. The van der Waals surface area contributed by atoms with Crippen LogP contribution in [0, 0.1) is 0 Å². The van der Waals surface area contributed by atoms with Gasteiger partial charge in [-0.15, -0.1) is 11.3 Å². The zero-order chi connectivity index (χ0) is 16.4. The van der Waals surface area contributed by atoms with Crippen molar-refractivity contribution in [3.8, 4) is 0 Å². The maximum absolute atomic E-state index is 12.9. The highest BCUT2D eigenvalue weighted by atomic mass is 35.5. The van der Waals surface area contributed by atoms with Crippen LogP contribution in [0.5, 0.6) is 0 Å². The summed E-state index contributed by atoms with van der Waals surface area (Å²) < 4.78 is 25.9. The summed E-state index contributed by atoms with van der Waals surface area (Å²) in [5.41, 5.74) is 1.36. The summed E-state index contributed by atoms with van der Waals surface area (Å²) in [5.74, 6) is 0.101. The van der Waals surface area contributed by atoms with E-state index in [9.17, 15) is 13.6 Å². The second-order valence-corrected chi connectivity index (χ2v) is 7.00. The van der Waals surface area contributed by atoms with E-state index in [4.69, 9.17) is 11.6 Å². The van der Waals surface area contributed by atoms with Crippen molar-refractivity contribution in [1.82, 2.24) is 4.90 Å². The van der Waals surface area contributed by atoms with Crippen molar-refractivity contribution in [3.63, 3.8) is 0 Å². The van der Waals surface area contributed by atoms with E-state index in [1.54, 1.807) is 10.3 Å². The summed E-state index contributed by atoms with van der Waals surface area (Å²) >= 11 is 6.84. The minimum Gasteiger partial charge on any atom is -0.339 e. The minimum atomic E-state index is -2.60. The number of amides is 1. The lowest BCUT2D eigenvalue weighted by molar-refractivity contribution is 0.0703. The number of alkyl halides is 2. The van der Waals surface area contributed by atoms with Gasteiger partial charge in [-0.3, -0.25) is 4.79 Å². The van der Waals surface area contributed by atoms with Gasteiger partial charge in [0.05, 0.1) is 10.4 Å². The van der Waals surface area contributed by atoms with Crippen molar-refractivity contribution in [3.05, 3.63) is 56.7 Å². The first-order valence-corrected chi connectivity index (χ1v) is 8.72. The van der Waals surface area contributed by atoms with E-state index >= 15 is 0 Å². The SMILES string of the molecule is O=C(c1ccsc1C(F)F)N1CCC(c2ccc(Cl)cc2)CC1. The van der Waals surface area contributed by atoms with Crippen LogP contribution in [0.25, 0.3) is 0 Å². The fourth-order valence-electron chi connectivity index (χ4n) is 2.99. The van der Waals surface area contributed by atoms with Crippen molar-refractivity contribution in [1.29, 1.82) is 0 Å². The molecule has 0 N–H and O–H groups in total. The Morgan fingerprint density at radius 1 is 1.17 bits per heavy atom. The molecule has 1 aliphatic heterocycles. The first kappa shape index (κ1) is 16.4. The maximum Gasteiger partial charge on any atom is 0.273 e. The van der Waals surface area contributed by atoms with Gasteiger partial charge in [-0.05, 0) is 47.9 Å². The zero-order valence-electron chi connectivity index (χ0n) is 12.3. The molecule has 1 saturated heterocycles. The fraction of sp³-hybridized carbons (Fsp3) is 0.353. The molecule has 0 atom stereocenters. The molecule has 1 fully saturated rings. The number of halogens is 3. The Hall–Kier alpha value is -1.46. The molecule has 23 heavy (non-hydrogen) atoms. The van der Waals surface area contributed by atoms with Gasteiger partial charge in [-0.2, -0.15) is 0 Å². The molecule has 0 saturated carbocycles. The Morgan fingerprint density at radius 3 is 2.43 bits per heavy atom. The van der Waals surface area contributed by atoms with E-state index in [-0.39, 0.29) is 16.3 Å². The second kappa shape index (κ2) is 6.97. The van der Waals surface area contributed by atoms with Crippen LogP contribution in [-0.4, -0.2) is 23.9 Å². The molecular weight excluding hydrogens is 340 g/mol. The predicted molar refractivity (Wildman–Crippen MR) is 88.6 cm³/mol. The molecule has 2 aromatic rings. The fourth-order valence-corrected chi connectivity index (χ4v) is 3.85. The monoisotopic (exact) mass is 355 g/mol. The van der Waals surface area contributed by atoms with Crippen LogP contribution in [0.4, 0.5) is 8.78 Å². The first-order chi connectivity index (χ1) is 11.1. The normalized spacial score (nSPS) is 16.1. The number of carbonyl (C=O) groups excluding carboxylic acids is 1. The van der Waals surface area contributed by atoms with Gasteiger partial charge in [0.15, 0.2) is 0 Å². The molecule has 0 unspecified atom stereocenters. The molecule has 6 heteroatoms. The number of likely N-dealkylation sites (tertiary alicyclic amines) is 1. The van der Waals surface area contributed by atoms with Crippen molar-refractivity contribution in [2.45, 2.75) is 25.2 Å². The quantitative estimate of drug-likeness (QED) is 0.725. The number of nitrogens with zero attached hydrogens (tertiary/aromatic N) is 1. The van der Waals surface area contributed by atoms with Gasteiger partial charge >= 0.3 is 0 Å². The Kier molecular flexibility index (Phi) is 4.97. The number of hydrogen-bond donors (Lipinski definition) is 0. The van der Waals surface area contributed by atoms with Gasteiger partial charge in [0.1, 0.15) is 0 Å². The molecule has 0 radical (unpaired) electrons. The third-order valence-electron chi connectivity index (χ3n) is 4.25. The predicted octanol–water partition coefficient (Wildman–Crippen LogP) is 5.36. The smallest absolute Gasteiger partial charge is 0.273 e. The van der Waals surface area contributed by atoms with Gasteiger partial charge in [0.25, 0.3) is 12.3 Å². The van der Waals surface area contributed by atoms with E-state index in [1.165, 1.54) is 11.6 Å². The molecule has 3 rings (SSSR count). The highest BCUT2D eigenvalue weighted by molar-refractivity contribution is 7.10. The Balaban J connectivity index is 1.65. The lowest BCUT2D eigenvalue weighted by Gasteiger charge is -2.32. The van der Waals surface area contributed by atoms with E-state index in [0.717, 1.165) is 24.2 Å². The summed E-state index contributed by atoms with van der Waals surface area (Å²) in [6.07, 6.45) is -0.927. The Morgan fingerprint density at radius 2 is 1.83 bits per heavy atom. The number of carbonyl (C=O) groups is 1. The standard InChI is InChI=1S/C17H16ClF2NOS/c18-13-3-1-11(2-4-13)12-5-8-21(9-6-12)17(22)14-7-10-23-15(14)16(19)20/h1-4,7,10,12,16H,5-6,8-9H2. The molecule has 1 aliphatic rings. The lowest BCUT2D eigenvalue weighted by Crippen LogP contribution is -2.38. The first-order valence-electron chi connectivity index (χ1n) is 7.46. The molecule has 0 spiro atoms. The lowest BCUT2D eigenvalue weighted by atomic mass is 9.89. The van der Waals surface area contributed by atoms with Crippen LogP contribution >= 0.6 is 22.9 Å². The molecule has 0 aliphatic carbocycles. The highest BCUT2D eigenvalue weighted by Crippen LogP contribution is 2.32. The largest absolute Gasteiger partial charge is 0.339 e. The van der Waals surface area contributed by atoms with Gasteiger partial charge in [-0.25, -0.2) is 8.78 Å². The van der Waals surface area contributed by atoms with Crippen molar-refractivity contribution < 1.29 is 13.6 Å². The molecule has 1 aromatic carbocycles. The molecule has 1 aromatic heterocycles. The molecular formula is C17H16ClF2NOS. The summed E-state index contributed by atoms with van der Waals surface area (Å²) in [6.45, 7) is 1.18. The number of hydrogen-bond acceptors (Lipinski definition) is 2. The average Bonchev–Trinajstić information content (AvgIpc) is 3.05. The highest BCUT2D eigenvalue weighted by Gasteiger charge is 2.28. The van der Waals surface area contributed by atoms with Gasteiger partial charge in [-0.1, -0.05) is 23.7 Å². The van der Waals surface area contributed by atoms with E-state index in [1.807, 2.05) is 24.3 Å². The van der Waals surface area contributed by atoms with Crippen molar-refractivity contribution in [2.24, 2.45) is 0 Å². The van der Waals surface area contributed by atoms with E-state index in [2.05, 4.69) is 0 Å². The van der Waals surface area contributed by atoms with Crippen LogP contribution in [0.3, 0.4) is 0 Å². The van der Waals surface area contributed by atoms with E-state index in [0.29, 0.717) is 24.0 Å². The van der Waals surface area contributed by atoms with Crippen LogP contribution in [0.15, 0.2) is 35.7 Å². The summed E-state index contributed by atoms with van der Waals surface area (Å²) in [5, 5.41) is 2.26. The average molecular weight is 356 g/mol. The molecule has 122 valence electrons. The minimum absolute atomic E-state index is 0.130. The van der Waals surface area contributed by atoms with Crippen molar-refractivity contribution >= 4 is 28.8 Å². The molecule has 2 heterocycles. The number of thiophene rings is 1. The van der Waals surface area contributed by atoms with Gasteiger partial charge in [0.2, 0.25) is 0 Å². The number of benzene rings is 1. The zero-order valence-corrected chi connectivity index (χ0v) is 13.9. The summed E-state index contributed by atoms with van der Waals surface area (Å²) in [6, 6.07) is 9.26. The second-order valence-electron chi connectivity index (χ2n) is 5.62. The third-order valence-corrected chi connectivity index (χ3v) is 5.42. The van der Waals surface area contributed by atoms with Crippen LogP contribution in [0.1, 0.15) is 46.0 Å². The maximum atomic E-state index is 12.9. The van der Waals surface area contributed by atoms with Gasteiger partial charge < -0.3 is 4.90 Å². The Labute approximate surface area is 142 Å². The molecule has 2 nitrogen and oxygen atoms in total.